The average molecular weight is 530 g/mol. The number of aromatic nitrogens is 3. The fourth-order valence-electron chi connectivity index (χ4n) is 4.39. The van der Waals surface area contributed by atoms with E-state index in [0.29, 0.717) is 40.3 Å². The van der Waals surface area contributed by atoms with E-state index in [4.69, 9.17) is 9.47 Å². The summed E-state index contributed by atoms with van der Waals surface area (Å²) in [5.41, 5.74) is 3.33. The topological polar surface area (TPSA) is 98.6 Å². The highest BCUT2D eigenvalue weighted by atomic mass is 32.2. The molecule has 2 amide bonds. The number of carbonyl (C=O) groups excluding carboxylic acids is 2. The third-order valence-electron chi connectivity index (χ3n) is 6.28. The molecule has 0 spiro atoms. The summed E-state index contributed by atoms with van der Waals surface area (Å²) >= 11 is 1.30. The molecule has 0 saturated carbocycles. The second kappa shape index (κ2) is 11.4. The maximum atomic E-state index is 13.1. The smallest absolute Gasteiger partial charge is 0.251 e. The van der Waals surface area contributed by atoms with Gasteiger partial charge >= 0.3 is 0 Å². The fourth-order valence-corrected chi connectivity index (χ4v) is 5.23. The molecule has 1 aliphatic heterocycles. The Kier molecular flexibility index (Phi) is 7.60. The number of anilines is 1. The van der Waals surface area contributed by atoms with Crippen molar-refractivity contribution >= 4 is 29.3 Å². The van der Waals surface area contributed by atoms with Crippen LogP contribution in [0.3, 0.4) is 0 Å². The van der Waals surface area contributed by atoms with E-state index >= 15 is 0 Å². The zero-order valence-electron chi connectivity index (χ0n) is 21.1. The van der Waals surface area contributed by atoms with Gasteiger partial charge in [-0.3, -0.25) is 14.2 Å². The van der Waals surface area contributed by atoms with Crippen LogP contribution in [-0.2, 0) is 17.8 Å². The molecule has 1 aliphatic rings. The number of ether oxygens (including phenoxy) is 2. The van der Waals surface area contributed by atoms with Crippen LogP contribution in [0.2, 0.25) is 0 Å². The molecular weight excluding hydrogens is 502 g/mol. The van der Waals surface area contributed by atoms with Crippen molar-refractivity contribution in [3.05, 3.63) is 89.7 Å². The Hall–Kier alpha value is -4.31. The Morgan fingerprint density at radius 3 is 2.55 bits per heavy atom. The maximum Gasteiger partial charge on any atom is 0.251 e. The van der Waals surface area contributed by atoms with Gasteiger partial charge in [-0.15, -0.1) is 10.2 Å². The Balaban J connectivity index is 1.37. The molecule has 38 heavy (non-hydrogen) atoms. The van der Waals surface area contributed by atoms with E-state index in [-0.39, 0.29) is 24.1 Å². The van der Waals surface area contributed by atoms with Crippen LogP contribution >= 0.6 is 11.8 Å². The first-order valence-corrected chi connectivity index (χ1v) is 13.1. The predicted molar refractivity (Wildman–Crippen MR) is 145 cm³/mol. The van der Waals surface area contributed by atoms with E-state index in [1.54, 1.807) is 38.5 Å². The minimum absolute atomic E-state index is 0.00223. The van der Waals surface area contributed by atoms with Gasteiger partial charge in [-0.2, -0.15) is 0 Å². The fraction of sp³-hybridized carbons (Fsp3) is 0.214. The number of thioether (sulfide) groups is 1. The van der Waals surface area contributed by atoms with Gasteiger partial charge < -0.3 is 19.7 Å². The zero-order chi connectivity index (χ0) is 26.5. The lowest BCUT2D eigenvalue weighted by atomic mass is 10.2. The summed E-state index contributed by atoms with van der Waals surface area (Å²) in [6.45, 7) is 0.786. The maximum absolute atomic E-state index is 13.1. The molecule has 0 aliphatic carbocycles. The number of rotatable bonds is 9. The molecule has 10 heteroatoms. The molecule has 0 atom stereocenters. The van der Waals surface area contributed by atoms with E-state index in [9.17, 15) is 9.59 Å². The van der Waals surface area contributed by atoms with E-state index in [1.807, 2.05) is 51.9 Å². The molecule has 1 N–H and O–H groups in total. The summed E-state index contributed by atoms with van der Waals surface area (Å²) in [5, 5.41) is 12.2. The summed E-state index contributed by atoms with van der Waals surface area (Å²) < 4.78 is 12.6. The van der Waals surface area contributed by atoms with Gasteiger partial charge in [0.15, 0.2) is 11.0 Å². The summed E-state index contributed by atoms with van der Waals surface area (Å²) in [6.07, 6.45) is 0.848. The second-order valence-corrected chi connectivity index (χ2v) is 9.48. The number of hydrogen-bond acceptors (Lipinski definition) is 7. The molecule has 194 valence electrons. The van der Waals surface area contributed by atoms with Crippen molar-refractivity contribution in [1.82, 2.24) is 20.1 Å². The molecule has 0 radical (unpaired) electrons. The molecule has 0 fully saturated rings. The molecular formula is C28H27N5O4S. The van der Waals surface area contributed by atoms with Crippen LogP contribution in [0.5, 0.6) is 11.5 Å². The molecule has 0 saturated heterocycles. The third-order valence-corrected chi connectivity index (χ3v) is 7.19. The molecule has 9 nitrogen and oxygen atoms in total. The molecule has 0 bridgehead atoms. The quantitative estimate of drug-likeness (QED) is 0.329. The lowest BCUT2D eigenvalue weighted by molar-refractivity contribution is -0.116. The molecule has 2 heterocycles. The van der Waals surface area contributed by atoms with Gasteiger partial charge in [-0.25, -0.2) is 0 Å². The van der Waals surface area contributed by atoms with Crippen molar-refractivity contribution in [2.75, 3.05) is 31.4 Å². The standard InChI is InChI=1S/C28H27N5O4S/c1-36-21-10-7-9-20(16-21)27(35)29-17-25-30-31-28(33(25)23-12-5-6-13-24(23)37-2)38-18-26(34)32-15-14-19-8-3-4-11-22(19)32/h3-13,16H,14-15,17-18H2,1-2H3,(H,29,35). The van der Waals surface area contributed by atoms with Crippen LogP contribution in [-0.4, -0.2) is 53.1 Å². The third kappa shape index (κ3) is 5.21. The van der Waals surface area contributed by atoms with Crippen molar-refractivity contribution in [3.8, 4) is 17.2 Å². The first-order valence-electron chi connectivity index (χ1n) is 12.1. The highest BCUT2D eigenvalue weighted by Crippen LogP contribution is 2.31. The predicted octanol–water partition coefficient (Wildman–Crippen LogP) is 3.90. The number of nitrogens with zero attached hydrogens (tertiary/aromatic N) is 4. The number of nitrogens with one attached hydrogen (secondary N) is 1. The highest BCUT2D eigenvalue weighted by Gasteiger charge is 2.25. The summed E-state index contributed by atoms with van der Waals surface area (Å²) in [5.74, 6) is 1.65. The number of para-hydroxylation sites is 3. The van der Waals surface area contributed by atoms with Crippen LogP contribution in [0.1, 0.15) is 21.7 Å². The van der Waals surface area contributed by atoms with E-state index in [1.165, 1.54) is 17.3 Å². The summed E-state index contributed by atoms with van der Waals surface area (Å²) in [4.78, 5) is 27.8. The minimum Gasteiger partial charge on any atom is -0.497 e. The van der Waals surface area contributed by atoms with Gasteiger partial charge in [0, 0.05) is 17.8 Å². The Labute approximate surface area is 224 Å². The van der Waals surface area contributed by atoms with Crippen LogP contribution in [0.15, 0.2) is 78.0 Å². The summed E-state index contributed by atoms with van der Waals surface area (Å²) in [7, 11) is 3.15. The minimum atomic E-state index is -0.268. The van der Waals surface area contributed by atoms with Crippen LogP contribution in [0.4, 0.5) is 5.69 Å². The molecule has 5 rings (SSSR count). The monoisotopic (exact) mass is 529 g/mol. The van der Waals surface area contributed by atoms with Crippen LogP contribution in [0.25, 0.3) is 5.69 Å². The van der Waals surface area contributed by atoms with Crippen molar-refractivity contribution in [2.45, 2.75) is 18.1 Å². The van der Waals surface area contributed by atoms with Crippen molar-refractivity contribution in [3.63, 3.8) is 0 Å². The number of carbonyl (C=O) groups is 2. The Morgan fingerprint density at radius 2 is 1.74 bits per heavy atom. The Bertz CT molecular complexity index is 1470. The first kappa shape index (κ1) is 25.3. The lowest BCUT2D eigenvalue weighted by Gasteiger charge is -2.17. The summed E-state index contributed by atoms with van der Waals surface area (Å²) in [6, 6.07) is 22.4. The largest absolute Gasteiger partial charge is 0.497 e. The van der Waals surface area contributed by atoms with Crippen LogP contribution < -0.4 is 19.7 Å². The van der Waals surface area contributed by atoms with E-state index in [0.717, 1.165) is 12.1 Å². The highest BCUT2D eigenvalue weighted by molar-refractivity contribution is 7.99. The first-order chi connectivity index (χ1) is 18.6. The van der Waals surface area contributed by atoms with E-state index in [2.05, 4.69) is 21.6 Å². The average Bonchev–Trinajstić information content (AvgIpc) is 3.58. The zero-order valence-corrected chi connectivity index (χ0v) is 21.9. The van der Waals surface area contributed by atoms with Crippen molar-refractivity contribution in [1.29, 1.82) is 0 Å². The van der Waals surface area contributed by atoms with Crippen molar-refractivity contribution < 1.29 is 19.1 Å². The lowest BCUT2D eigenvalue weighted by Crippen LogP contribution is -2.30. The normalized spacial score (nSPS) is 12.2. The second-order valence-electron chi connectivity index (χ2n) is 8.53. The number of hydrogen-bond donors (Lipinski definition) is 1. The molecule has 3 aromatic carbocycles. The van der Waals surface area contributed by atoms with Crippen molar-refractivity contribution in [2.24, 2.45) is 0 Å². The van der Waals surface area contributed by atoms with Crippen LogP contribution in [0, 0.1) is 0 Å². The number of benzene rings is 3. The SMILES string of the molecule is COc1cccc(C(=O)NCc2nnc(SCC(=O)N3CCc4ccccc43)n2-c2ccccc2OC)c1. The number of amides is 2. The van der Waals surface area contributed by atoms with Gasteiger partial charge in [-0.05, 0) is 48.4 Å². The molecule has 4 aromatic rings. The number of methoxy groups -OCH3 is 2. The van der Waals surface area contributed by atoms with E-state index < -0.39 is 0 Å². The Morgan fingerprint density at radius 1 is 0.947 bits per heavy atom. The van der Waals surface area contributed by atoms with Gasteiger partial charge in [0.25, 0.3) is 5.91 Å². The van der Waals surface area contributed by atoms with Gasteiger partial charge in [-0.1, -0.05) is 48.2 Å². The molecule has 1 aromatic heterocycles. The molecule has 0 unspecified atom stereocenters. The van der Waals surface area contributed by atoms with Gasteiger partial charge in [0.1, 0.15) is 11.5 Å². The van der Waals surface area contributed by atoms with Gasteiger partial charge in [0.2, 0.25) is 5.91 Å². The van der Waals surface area contributed by atoms with Gasteiger partial charge in [0.05, 0.1) is 32.2 Å². The number of fused-ring (bicyclic) bond motifs is 1.